The molecule has 0 radical (unpaired) electrons. The van der Waals surface area contributed by atoms with E-state index in [2.05, 4.69) is 5.16 Å². The van der Waals surface area contributed by atoms with Crippen LogP contribution in [0.4, 0.5) is 0 Å². The first kappa shape index (κ1) is 22.1. The summed E-state index contributed by atoms with van der Waals surface area (Å²) in [6.07, 6.45) is 4.90. The monoisotopic (exact) mass is 424 g/mol. The average Bonchev–Trinajstić information content (AvgIpc) is 3.42. The first-order chi connectivity index (χ1) is 14.6. The Morgan fingerprint density at radius 1 is 1.10 bits per heavy atom. The lowest BCUT2D eigenvalue weighted by molar-refractivity contribution is -0.131. The lowest BCUT2D eigenvalue weighted by Crippen LogP contribution is -2.41. The van der Waals surface area contributed by atoms with Crippen molar-refractivity contribution in [1.29, 1.82) is 0 Å². The molecule has 2 aliphatic rings. The molecule has 6 nitrogen and oxygen atoms in total. The Labute approximate surface area is 185 Å². The van der Waals surface area contributed by atoms with Crippen LogP contribution in [0.1, 0.15) is 64.6 Å². The molecule has 7 heteroatoms. The van der Waals surface area contributed by atoms with Gasteiger partial charge < -0.3 is 18.7 Å². The highest BCUT2D eigenvalue weighted by atomic mass is 16.7. The number of rotatable bonds is 5. The minimum absolute atomic E-state index is 0.119. The van der Waals surface area contributed by atoms with E-state index >= 15 is 0 Å². The Balaban J connectivity index is 1.51. The van der Waals surface area contributed by atoms with Crippen molar-refractivity contribution < 1.29 is 18.6 Å². The fourth-order valence-electron chi connectivity index (χ4n) is 4.37. The highest BCUT2D eigenvalue weighted by Gasteiger charge is 2.51. The second-order valence-electron chi connectivity index (χ2n) is 9.91. The predicted molar refractivity (Wildman–Crippen MR) is 121 cm³/mol. The third-order valence-electron chi connectivity index (χ3n) is 7.28. The summed E-state index contributed by atoms with van der Waals surface area (Å²) in [5, 5.41) is 4.15. The van der Waals surface area contributed by atoms with Crippen molar-refractivity contribution in [3.63, 3.8) is 0 Å². The summed E-state index contributed by atoms with van der Waals surface area (Å²) >= 11 is 0. The molecule has 31 heavy (non-hydrogen) atoms. The maximum Gasteiger partial charge on any atom is 0.494 e. The molecule has 1 aromatic carbocycles. The van der Waals surface area contributed by atoms with Crippen molar-refractivity contribution in [3.05, 3.63) is 35.5 Å². The number of benzene rings is 1. The number of carbonyl (C=O) groups is 1. The van der Waals surface area contributed by atoms with Crippen molar-refractivity contribution in [2.24, 2.45) is 0 Å². The maximum atomic E-state index is 12.9. The van der Waals surface area contributed by atoms with Gasteiger partial charge in [0, 0.05) is 24.2 Å². The number of hydrogen-bond acceptors (Lipinski definition) is 5. The Morgan fingerprint density at radius 2 is 1.68 bits per heavy atom. The molecule has 166 valence electrons. The van der Waals surface area contributed by atoms with Crippen LogP contribution in [-0.2, 0) is 20.5 Å². The van der Waals surface area contributed by atoms with E-state index in [0.29, 0.717) is 18.2 Å². The Hall–Kier alpha value is -2.12. The molecule has 4 rings (SSSR count). The highest BCUT2D eigenvalue weighted by molar-refractivity contribution is 6.62. The largest absolute Gasteiger partial charge is 0.494 e. The Morgan fingerprint density at radius 3 is 2.26 bits per heavy atom. The summed E-state index contributed by atoms with van der Waals surface area (Å²) in [5.41, 5.74) is 2.72. The SMILES string of the molecule is Cc1noc(-c2ccc(B3OC(C)(C)C(C)(C)O3)cc2)c1CC(=O)N(C)C1CCCC1. The van der Waals surface area contributed by atoms with Gasteiger partial charge in [-0.3, -0.25) is 4.79 Å². The molecule has 1 saturated heterocycles. The number of amides is 1. The first-order valence-electron chi connectivity index (χ1n) is 11.3. The molecule has 0 spiro atoms. The number of aryl methyl sites for hydroxylation is 1. The summed E-state index contributed by atoms with van der Waals surface area (Å²) in [7, 11) is 1.51. The molecule has 2 heterocycles. The zero-order valence-corrected chi connectivity index (χ0v) is 19.5. The second-order valence-corrected chi connectivity index (χ2v) is 9.91. The van der Waals surface area contributed by atoms with Gasteiger partial charge in [0.15, 0.2) is 5.76 Å². The Bertz CT molecular complexity index is 929. The zero-order chi connectivity index (χ0) is 22.4. The smallest absolute Gasteiger partial charge is 0.399 e. The molecule has 1 aliphatic carbocycles. The van der Waals surface area contributed by atoms with Crippen LogP contribution >= 0.6 is 0 Å². The summed E-state index contributed by atoms with van der Waals surface area (Å²) in [6.45, 7) is 10.1. The van der Waals surface area contributed by atoms with Crippen LogP contribution in [0.25, 0.3) is 11.3 Å². The van der Waals surface area contributed by atoms with Crippen molar-refractivity contribution in [2.75, 3.05) is 7.05 Å². The van der Waals surface area contributed by atoms with Gasteiger partial charge in [0.25, 0.3) is 0 Å². The van der Waals surface area contributed by atoms with Crippen LogP contribution in [0.5, 0.6) is 0 Å². The van der Waals surface area contributed by atoms with E-state index in [9.17, 15) is 4.79 Å². The van der Waals surface area contributed by atoms with Crippen LogP contribution in [0, 0.1) is 6.92 Å². The fraction of sp³-hybridized carbons (Fsp3) is 0.583. The summed E-state index contributed by atoms with van der Waals surface area (Å²) < 4.78 is 17.9. The minimum Gasteiger partial charge on any atom is -0.399 e. The number of likely N-dealkylation sites (N-methyl/N-ethyl adjacent to an activating group) is 1. The summed E-state index contributed by atoms with van der Waals surface area (Å²) in [6, 6.07) is 8.30. The van der Waals surface area contributed by atoms with E-state index < -0.39 is 7.12 Å². The van der Waals surface area contributed by atoms with Crippen molar-refractivity contribution >= 4 is 18.5 Å². The van der Waals surface area contributed by atoms with Gasteiger partial charge in [0.2, 0.25) is 5.91 Å². The summed E-state index contributed by atoms with van der Waals surface area (Å²) in [4.78, 5) is 14.8. The lowest BCUT2D eigenvalue weighted by atomic mass is 9.78. The quantitative estimate of drug-likeness (QED) is 0.682. The van der Waals surface area contributed by atoms with E-state index in [4.69, 9.17) is 13.8 Å². The van der Waals surface area contributed by atoms with Gasteiger partial charge in [-0.15, -0.1) is 0 Å². The van der Waals surface area contributed by atoms with Gasteiger partial charge in [-0.1, -0.05) is 42.3 Å². The molecule has 0 unspecified atom stereocenters. The van der Waals surface area contributed by atoms with E-state index in [1.165, 1.54) is 12.8 Å². The molecule has 0 atom stereocenters. The van der Waals surface area contributed by atoms with Gasteiger partial charge in [-0.2, -0.15) is 0 Å². The third-order valence-corrected chi connectivity index (χ3v) is 7.28. The summed E-state index contributed by atoms with van der Waals surface area (Å²) in [5.74, 6) is 0.777. The van der Waals surface area contributed by atoms with E-state index in [1.54, 1.807) is 0 Å². The number of hydrogen-bond donors (Lipinski definition) is 0. The van der Waals surface area contributed by atoms with Gasteiger partial charge in [0.1, 0.15) is 0 Å². The minimum atomic E-state index is -0.406. The maximum absolute atomic E-state index is 12.9. The van der Waals surface area contributed by atoms with Gasteiger partial charge in [-0.05, 0) is 52.9 Å². The molecule has 1 aliphatic heterocycles. The number of carbonyl (C=O) groups excluding carboxylic acids is 1. The first-order valence-corrected chi connectivity index (χ1v) is 11.3. The topological polar surface area (TPSA) is 64.8 Å². The zero-order valence-electron chi connectivity index (χ0n) is 19.5. The standard InChI is InChI=1S/C24H33BN2O4/c1-16-20(15-21(28)27(6)19-9-7-8-10-19)22(29-26-16)17-11-13-18(14-12-17)25-30-23(2,3)24(4,5)31-25/h11-14,19H,7-10,15H2,1-6H3. The van der Waals surface area contributed by atoms with Crippen LogP contribution in [0.2, 0.25) is 0 Å². The predicted octanol–water partition coefficient (Wildman–Crippen LogP) is 3.89. The molecular weight excluding hydrogens is 391 g/mol. The Kier molecular flexibility index (Phi) is 5.77. The van der Waals surface area contributed by atoms with Crippen molar-refractivity contribution in [3.8, 4) is 11.3 Å². The van der Waals surface area contributed by atoms with Gasteiger partial charge >= 0.3 is 7.12 Å². The van der Waals surface area contributed by atoms with Crippen molar-refractivity contribution in [2.45, 2.75) is 84.0 Å². The van der Waals surface area contributed by atoms with Crippen LogP contribution in [-0.4, -0.2) is 47.4 Å². The molecule has 0 bridgehead atoms. The van der Waals surface area contributed by atoms with E-state index in [-0.39, 0.29) is 17.1 Å². The lowest BCUT2D eigenvalue weighted by Gasteiger charge is -2.32. The average molecular weight is 424 g/mol. The van der Waals surface area contributed by atoms with Crippen LogP contribution in [0.3, 0.4) is 0 Å². The van der Waals surface area contributed by atoms with Crippen LogP contribution < -0.4 is 5.46 Å². The molecule has 0 N–H and O–H groups in total. The highest BCUT2D eigenvalue weighted by Crippen LogP contribution is 2.36. The van der Waals surface area contributed by atoms with Crippen molar-refractivity contribution in [1.82, 2.24) is 10.1 Å². The van der Waals surface area contributed by atoms with Gasteiger partial charge in [-0.25, -0.2) is 0 Å². The molecule has 1 saturated carbocycles. The van der Waals surface area contributed by atoms with Crippen LogP contribution in [0.15, 0.2) is 28.8 Å². The molecule has 1 amide bonds. The number of nitrogens with zero attached hydrogens (tertiary/aromatic N) is 2. The molecular formula is C24H33BN2O4. The molecule has 2 fully saturated rings. The third kappa shape index (κ3) is 4.18. The molecule has 1 aromatic heterocycles. The molecule has 2 aromatic rings. The second kappa shape index (κ2) is 8.10. The van der Waals surface area contributed by atoms with E-state index in [1.807, 2.05) is 70.8 Å². The number of aromatic nitrogens is 1. The fourth-order valence-corrected chi connectivity index (χ4v) is 4.37. The van der Waals surface area contributed by atoms with E-state index in [0.717, 1.165) is 35.1 Å². The normalized spacial score (nSPS) is 20.4. The van der Waals surface area contributed by atoms with Gasteiger partial charge in [0.05, 0.1) is 23.3 Å².